The first-order valence-electron chi connectivity index (χ1n) is 7.32. The highest BCUT2D eigenvalue weighted by Gasteiger charge is 2.54. The maximum Gasteiger partial charge on any atom is 0.237 e. The van der Waals surface area contributed by atoms with Crippen molar-refractivity contribution in [3.8, 4) is 5.75 Å². The Morgan fingerprint density at radius 3 is 2.83 bits per heavy atom. The highest BCUT2D eigenvalue weighted by atomic mass is 19.1. The van der Waals surface area contributed by atoms with Crippen LogP contribution in [0.2, 0.25) is 0 Å². The number of halogens is 1. The van der Waals surface area contributed by atoms with Crippen LogP contribution in [0.1, 0.15) is 12.2 Å². The quantitative estimate of drug-likeness (QED) is 0.599. The number of furan rings is 1. The second kappa shape index (κ2) is 6.31. The minimum Gasteiger partial charge on any atom is -0.494 e. The van der Waals surface area contributed by atoms with Gasteiger partial charge in [0.15, 0.2) is 11.6 Å². The van der Waals surface area contributed by atoms with Crippen molar-refractivity contribution in [2.75, 3.05) is 12.0 Å². The number of ether oxygens (including phenoxy) is 1. The topological polar surface area (TPSA) is 85.8 Å². The molecule has 0 spiro atoms. The predicted octanol–water partition coefficient (Wildman–Crippen LogP) is 2.63. The minimum atomic E-state index is -0.875. The van der Waals surface area contributed by atoms with E-state index in [0.717, 1.165) is 0 Å². The number of rotatable bonds is 6. The number of benzene rings is 1. The van der Waals surface area contributed by atoms with Gasteiger partial charge < -0.3 is 14.1 Å². The molecule has 8 heteroatoms. The fourth-order valence-corrected chi connectivity index (χ4v) is 2.56. The zero-order valence-electron chi connectivity index (χ0n) is 12.8. The van der Waals surface area contributed by atoms with Crippen LogP contribution in [0.15, 0.2) is 41.0 Å². The molecule has 24 heavy (non-hydrogen) atoms. The number of methoxy groups -OCH3 is 1. The number of carbonyl (C=O) groups is 1. The molecule has 1 heterocycles. The first-order chi connectivity index (χ1) is 11.5. The van der Waals surface area contributed by atoms with Crippen LogP contribution in [-0.2, 0) is 11.3 Å². The van der Waals surface area contributed by atoms with Crippen LogP contribution in [0.3, 0.4) is 0 Å². The zero-order chi connectivity index (χ0) is 17.3. The van der Waals surface area contributed by atoms with Crippen molar-refractivity contribution >= 4 is 11.6 Å². The number of hydrogen-bond donors (Lipinski definition) is 0. The van der Waals surface area contributed by atoms with Gasteiger partial charge in [0.2, 0.25) is 11.9 Å². The Kier molecular flexibility index (Phi) is 4.20. The van der Waals surface area contributed by atoms with E-state index in [1.54, 1.807) is 12.1 Å². The Morgan fingerprint density at radius 2 is 2.29 bits per heavy atom. The van der Waals surface area contributed by atoms with Crippen LogP contribution in [0.25, 0.3) is 0 Å². The molecule has 0 saturated heterocycles. The first-order valence-corrected chi connectivity index (χ1v) is 7.32. The third-order valence-corrected chi connectivity index (χ3v) is 3.95. The molecule has 126 valence electrons. The summed E-state index contributed by atoms with van der Waals surface area (Å²) in [6, 6.07) is 6.59. The van der Waals surface area contributed by atoms with Gasteiger partial charge in [-0.2, -0.15) is 0 Å². The van der Waals surface area contributed by atoms with Crippen molar-refractivity contribution < 1.29 is 23.3 Å². The van der Waals surface area contributed by atoms with Crippen molar-refractivity contribution in [1.29, 1.82) is 0 Å². The molecule has 2 atom stereocenters. The summed E-state index contributed by atoms with van der Waals surface area (Å²) in [6.45, 7) is 0.0680. The second-order valence-electron chi connectivity index (χ2n) is 5.52. The molecule has 1 aliphatic carbocycles. The summed E-state index contributed by atoms with van der Waals surface area (Å²) < 4.78 is 24.1. The average molecular weight is 334 g/mol. The van der Waals surface area contributed by atoms with Gasteiger partial charge in [0.1, 0.15) is 11.7 Å². The number of nitrogens with zero attached hydrogens (tertiary/aromatic N) is 2. The molecule has 0 bridgehead atoms. The van der Waals surface area contributed by atoms with Crippen molar-refractivity contribution in [3.05, 3.63) is 58.3 Å². The van der Waals surface area contributed by atoms with Gasteiger partial charge in [-0.25, -0.2) is 4.39 Å². The summed E-state index contributed by atoms with van der Waals surface area (Å²) >= 11 is 0. The van der Waals surface area contributed by atoms with E-state index in [1.807, 2.05) is 0 Å². The predicted molar refractivity (Wildman–Crippen MR) is 81.7 cm³/mol. The molecule has 1 aromatic carbocycles. The van der Waals surface area contributed by atoms with Crippen molar-refractivity contribution in [2.24, 2.45) is 5.92 Å². The van der Waals surface area contributed by atoms with Crippen LogP contribution >= 0.6 is 0 Å². The van der Waals surface area contributed by atoms with Crippen LogP contribution in [0.4, 0.5) is 10.1 Å². The van der Waals surface area contributed by atoms with Crippen LogP contribution in [-0.4, -0.2) is 24.0 Å². The third-order valence-electron chi connectivity index (χ3n) is 3.95. The molecule has 1 fully saturated rings. The Morgan fingerprint density at radius 1 is 1.50 bits per heavy atom. The van der Waals surface area contributed by atoms with Gasteiger partial charge in [0.25, 0.3) is 0 Å². The van der Waals surface area contributed by atoms with Gasteiger partial charge in [0, 0.05) is 23.1 Å². The Labute approximate surface area is 136 Å². The van der Waals surface area contributed by atoms with Gasteiger partial charge in [-0.05, 0) is 24.3 Å². The normalized spacial score (nSPS) is 18.9. The molecular weight excluding hydrogens is 319 g/mol. The highest BCUT2D eigenvalue weighted by Crippen LogP contribution is 2.37. The van der Waals surface area contributed by atoms with Crippen LogP contribution in [0, 0.1) is 21.8 Å². The number of amides is 1. The summed E-state index contributed by atoms with van der Waals surface area (Å²) in [5.74, 6) is -1.18. The molecule has 1 amide bonds. The molecule has 1 saturated carbocycles. The third kappa shape index (κ3) is 3.08. The van der Waals surface area contributed by atoms with Crippen molar-refractivity contribution in [3.63, 3.8) is 0 Å². The molecular formula is C16H15FN2O5. The van der Waals surface area contributed by atoms with Gasteiger partial charge in [-0.3, -0.25) is 14.9 Å². The summed E-state index contributed by atoms with van der Waals surface area (Å²) in [6.07, 6.45) is 1.66. The fourth-order valence-electron chi connectivity index (χ4n) is 2.56. The highest BCUT2D eigenvalue weighted by molar-refractivity contribution is 5.97. The van der Waals surface area contributed by atoms with E-state index in [4.69, 9.17) is 9.15 Å². The van der Waals surface area contributed by atoms with E-state index in [0.29, 0.717) is 11.4 Å². The monoisotopic (exact) mass is 334 g/mol. The van der Waals surface area contributed by atoms with Gasteiger partial charge >= 0.3 is 0 Å². The van der Waals surface area contributed by atoms with E-state index in [-0.39, 0.29) is 18.7 Å². The molecule has 0 radical (unpaired) electrons. The molecule has 0 unspecified atom stereocenters. The molecule has 2 aromatic rings. The fraction of sp³-hybridized carbons (Fsp3) is 0.312. The Hall–Kier alpha value is -2.90. The molecule has 0 N–H and O–H groups in total. The van der Waals surface area contributed by atoms with Gasteiger partial charge in [-0.1, -0.05) is 0 Å². The smallest absolute Gasteiger partial charge is 0.237 e. The van der Waals surface area contributed by atoms with E-state index in [9.17, 15) is 19.3 Å². The number of hydrogen-bond acceptors (Lipinski definition) is 5. The lowest BCUT2D eigenvalue weighted by molar-refractivity contribution is -0.497. The standard InChI is InChI=1S/C16H15FN2O5/c1-23-15-5-4-10(7-13(15)17)18(9-11-3-2-6-24-11)16(20)12-8-14(12)19(21)22/h2-7,12,14H,8-9H2,1H3/t12-,14+/m0/s1. The SMILES string of the molecule is COc1ccc(N(Cc2ccco2)C(=O)[C@H]2C[C@H]2[N+](=O)[O-])cc1F. The summed E-state index contributed by atoms with van der Waals surface area (Å²) in [7, 11) is 1.34. The van der Waals surface area contributed by atoms with E-state index < -0.39 is 28.6 Å². The average Bonchev–Trinajstić information content (AvgIpc) is 3.21. The largest absolute Gasteiger partial charge is 0.494 e. The summed E-state index contributed by atoms with van der Waals surface area (Å²) in [5, 5.41) is 10.8. The van der Waals surface area contributed by atoms with E-state index in [2.05, 4.69) is 0 Å². The Balaban J connectivity index is 1.89. The lowest BCUT2D eigenvalue weighted by Gasteiger charge is -2.22. The lowest BCUT2D eigenvalue weighted by atomic mass is 10.2. The molecule has 7 nitrogen and oxygen atoms in total. The Bertz CT molecular complexity index is 762. The van der Waals surface area contributed by atoms with Crippen LogP contribution < -0.4 is 9.64 Å². The minimum absolute atomic E-state index is 0.0544. The van der Waals surface area contributed by atoms with Crippen LogP contribution in [0.5, 0.6) is 5.75 Å². The van der Waals surface area contributed by atoms with E-state index >= 15 is 0 Å². The maximum absolute atomic E-state index is 14.0. The van der Waals surface area contributed by atoms with Gasteiger partial charge in [0.05, 0.1) is 19.9 Å². The van der Waals surface area contributed by atoms with Crippen molar-refractivity contribution in [1.82, 2.24) is 0 Å². The van der Waals surface area contributed by atoms with E-state index in [1.165, 1.54) is 36.5 Å². The molecule has 3 rings (SSSR count). The van der Waals surface area contributed by atoms with Gasteiger partial charge in [-0.15, -0.1) is 0 Å². The zero-order valence-corrected chi connectivity index (χ0v) is 12.8. The molecule has 1 aliphatic rings. The van der Waals surface area contributed by atoms with Crippen molar-refractivity contribution in [2.45, 2.75) is 19.0 Å². The number of nitro groups is 1. The maximum atomic E-state index is 14.0. The number of anilines is 1. The number of carbonyl (C=O) groups excluding carboxylic acids is 1. The first kappa shape index (κ1) is 16.0. The molecule has 1 aromatic heterocycles. The lowest BCUT2D eigenvalue weighted by Crippen LogP contribution is -2.33. The summed E-state index contributed by atoms with van der Waals surface area (Å²) in [4.78, 5) is 24.3. The second-order valence-corrected chi connectivity index (χ2v) is 5.52. The molecule has 0 aliphatic heterocycles. The summed E-state index contributed by atoms with van der Waals surface area (Å²) in [5.41, 5.74) is 0.295.